The highest BCUT2D eigenvalue weighted by Crippen LogP contribution is 2.20. The maximum atomic E-state index is 11.2. The third kappa shape index (κ3) is 6.08. The van der Waals surface area contributed by atoms with Gasteiger partial charge in [-0.15, -0.1) is 0 Å². The fraction of sp³-hybridized carbons (Fsp3) is 0.333. The summed E-state index contributed by atoms with van der Waals surface area (Å²) in [7, 11) is 0. The van der Waals surface area contributed by atoms with Crippen LogP contribution in [0.3, 0.4) is 0 Å². The van der Waals surface area contributed by atoms with Gasteiger partial charge in [0.05, 0.1) is 19.2 Å². The van der Waals surface area contributed by atoms with E-state index in [2.05, 4.69) is 10.3 Å². The van der Waals surface area contributed by atoms with Crippen LogP contribution in [-0.4, -0.2) is 24.1 Å². The van der Waals surface area contributed by atoms with Gasteiger partial charge < -0.3 is 14.8 Å². The van der Waals surface area contributed by atoms with Crippen molar-refractivity contribution in [2.24, 2.45) is 0 Å². The smallest absolute Gasteiger partial charge is 0.307 e. The summed E-state index contributed by atoms with van der Waals surface area (Å²) in [6.45, 7) is 5.48. The molecular formula is C18H22N2O3. The van der Waals surface area contributed by atoms with Gasteiger partial charge >= 0.3 is 5.97 Å². The molecule has 0 saturated carbocycles. The van der Waals surface area contributed by atoms with Crippen LogP contribution in [0.1, 0.15) is 24.6 Å². The van der Waals surface area contributed by atoms with Crippen molar-refractivity contribution in [2.75, 3.05) is 13.2 Å². The first kappa shape index (κ1) is 17.0. The number of pyridine rings is 1. The quantitative estimate of drug-likeness (QED) is 0.599. The molecule has 0 unspecified atom stereocenters. The number of hydrogen-bond acceptors (Lipinski definition) is 5. The minimum absolute atomic E-state index is 0.171. The summed E-state index contributed by atoms with van der Waals surface area (Å²) in [6, 6.07) is 11.6. The van der Waals surface area contributed by atoms with Crippen molar-refractivity contribution in [1.82, 2.24) is 10.3 Å². The summed E-state index contributed by atoms with van der Waals surface area (Å²) in [6.07, 6.45) is 2.09. The van der Waals surface area contributed by atoms with Crippen LogP contribution in [0, 0.1) is 6.92 Å². The Hall–Kier alpha value is -2.40. The SMILES string of the molecule is CCOC(=O)CCNCc1ccc(Oc2ccc(C)nc2)cc1. The van der Waals surface area contributed by atoms with Crippen LogP contribution in [0.25, 0.3) is 0 Å². The van der Waals surface area contributed by atoms with Crippen LogP contribution < -0.4 is 10.1 Å². The van der Waals surface area contributed by atoms with E-state index in [0.29, 0.717) is 26.1 Å². The Kier molecular flexibility index (Phi) is 6.56. The van der Waals surface area contributed by atoms with Crippen LogP contribution in [0.4, 0.5) is 0 Å². The zero-order valence-corrected chi connectivity index (χ0v) is 13.5. The molecule has 0 fully saturated rings. The molecule has 5 heteroatoms. The lowest BCUT2D eigenvalue weighted by molar-refractivity contribution is -0.142. The second-order valence-electron chi connectivity index (χ2n) is 5.11. The molecular weight excluding hydrogens is 292 g/mol. The number of esters is 1. The monoisotopic (exact) mass is 314 g/mol. The highest BCUT2D eigenvalue weighted by atomic mass is 16.5. The number of hydrogen-bond donors (Lipinski definition) is 1. The van der Waals surface area contributed by atoms with E-state index in [1.54, 1.807) is 6.20 Å². The van der Waals surface area contributed by atoms with Crippen molar-refractivity contribution in [2.45, 2.75) is 26.8 Å². The molecule has 1 heterocycles. The van der Waals surface area contributed by atoms with Crippen molar-refractivity contribution in [3.8, 4) is 11.5 Å². The van der Waals surface area contributed by atoms with E-state index in [1.807, 2.05) is 50.2 Å². The summed E-state index contributed by atoms with van der Waals surface area (Å²) in [4.78, 5) is 15.4. The molecule has 0 bridgehead atoms. The number of benzene rings is 1. The van der Waals surface area contributed by atoms with E-state index in [1.165, 1.54) is 0 Å². The Labute approximate surface area is 136 Å². The van der Waals surface area contributed by atoms with Crippen LogP contribution in [-0.2, 0) is 16.1 Å². The van der Waals surface area contributed by atoms with E-state index in [9.17, 15) is 4.79 Å². The molecule has 0 aliphatic carbocycles. The molecule has 0 radical (unpaired) electrons. The molecule has 122 valence electrons. The number of carbonyl (C=O) groups excluding carboxylic acids is 1. The lowest BCUT2D eigenvalue weighted by atomic mass is 10.2. The zero-order valence-electron chi connectivity index (χ0n) is 13.5. The van der Waals surface area contributed by atoms with Crippen LogP contribution in [0.2, 0.25) is 0 Å². The number of carbonyl (C=O) groups is 1. The summed E-state index contributed by atoms with van der Waals surface area (Å²) < 4.78 is 10.6. The van der Waals surface area contributed by atoms with Crippen molar-refractivity contribution in [3.63, 3.8) is 0 Å². The molecule has 0 spiro atoms. The molecule has 0 atom stereocenters. The first-order valence-electron chi connectivity index (χ1n) is 7.73. The maximum Gasteiger partial charge on any atom is 0.307 e. The van der Waals surface area contributed by atoms with Gasteiger partial charge in [-0.3, -0.25) is 9.78 Å². The second kappa shape index (κ2) is 8.90. The molecule has 0 saturated heterocycles. The molecule has 1 N–H and O–H groups in total. The maximum absolute atomic E-state index is 11.2. The Balaban J connectivity index is 1.76. The van der Waals surface area contributed by atoms with Crippen LogP contribution in [0.5, 0.6) is 11.5 Å². The summed E-state index contributed by atoms with van der Waals surface area (Å²) in [5.41, 5.74) is 2.09. The van der Waals surface area contributed by atoms with E-state index in [4.69, 9.17) is 9.47 Å². The second-order valence-corrected chi connectivity index (χ2v) is 5.11. The zero-order chi connectivity index (χ0) is 16.5. The Bertz CT molecular complexity index is 609. The molecule has 0 aliphatic heterocycles. The van der Waals surface area contributed by atoms with Gasteiger partial charge in [0.25, 0.3) is 0 Å². The number of aryl methyl sites for hydroxylation is 1. The number of nitrogens with one attached hydrogen (secondary N) is 1. The Morgan fingerprint density at radius 2 is 1.87 bits per heavy atom. The predicted octanol–water partition coefficient (Wildman–Crippen LogP) is 3.23. The minimum Gasteiger partial charge on any atom is -0.466 e. The van der Waals surface area contributed by atoms with Gasteiger partial charge in [0.2, 0.25) is 0 Å². The fourth-order valence-electron chi connectivity index (χ4n) is 1.98. The highest BCUT2D eigenvalue weighted by Gasteiger charge is 2.01. The number of aromatic nitrogens is 1. The lowest BCUT2D eigenvalue weighted by Gasteiger charge is -2.08. The summed E-state index contributed by atoms with van der Waals surface area (Å²) in [5, 5.41) is 3.21. The van der Waals surface area contributed by atoms with Crippen molar-refractivity contribution in [3.05, 3.63) is 53.9 Å². The highest BCUT2D eigenvalue weighted by molar-refractivity contribution is 5.69. The molecule has 23 heavy (non-hydrogen) atoms. The molecule has 0 amide bonds. The first-order chi connectivity index (χ1) is 11.2. The largest absolute Gasteiger partial charge is 0.466 e. The predicted molar refractivity (Wildman–Crippen MR) is 88.4 cm³/mol. The number of rotatable bonds is 8. The molecule has 2 rings (SSSR count). The Morgan fingerprint density at radius 1 is 1.13 bits per heavy atom. The summed E-state index contributed by atoms with van der Waals surface area (Å²) >= 11 is 0. The van der Waals surface area contributed by atoms with Gasteiger partial charge in [0.1, 0.15) is 11.5 Å². The molecule has 2 aromatic rings. The van der Waals surface area contributed by atoms with Crippen LogP contribution >= 0.6 is 0 Å². The average Bonchev–Trinajstić information content (AvgIpc) is 2.55. The fourth-order valence-corrected chi connectivity index (χ4v) is 1.98. The number of nitrogens with zero attached hydrogens (tertiary/aromatic N) is 1. The van der Waals surface area contributed by atoms with Gasteiger partial charge in [0, 0.05) is 18.8 Å². The van der Waals surface area contributed by atoms with Crippen molar-refractivity contribution >= 4 is 5.97 Å². The van der Waals surface area contributed by atoms with E-state index in [-0.39, 0.29) is 5.97 Å². The van der Waals surface area contributed by atoms with Gasteiger partial charge in [-0.25, -0.2) is 0 Å². The van der Waals surface area contributed by atoms with Crippen molar-refractivity contribution < 1.29 is 14.3 Å². The standard InChI is InChI=1S/C18H22N2O3/c1-3-22-18(21)10-11-19-12-15-5-8-16(9-6-15)23-17-7-4-14(2)20-13-17/h4-9,13,19H,3,10-12H2,1-2H3. The van der Waals surface area contributed by atoms with Gasteiger partial charge in [-0.2, -0.15) is 0 Å². The molecule has 1 aromatic carbocycles. The summed E-state index contributed by atoms with van der Waals surface area (Å²) in [5.74, 6) is 1.32. The Morgan fingerprint density at radius 3 is 2.52 bits per heavy atom. The van der Waals surface area contributed by atoms with E-state index < -0.39 is 0 Å². The molecule has 1 aromatic heterocycles. The van der Waals surface area contributed by atoms with E-state index >= 15 is 0 Å². The molecule has 5 nitrogen and oxygen atoms in total. The van der Waals surface area contributed by atoms with Gasteiger partial charge in [0.15, 0.2) is 0 Å². The van der Waals surface area contributed by atoms with E-state index in [0.717, 1.165) is 22.8 Å². The van der Waals surface area contributed by atoms with Crippen LogP contribution in [0.15, 0.2) is 42.6 Å². The van der Waals surface area contributed by atoms with Crippen molar-refractivity contribution in [1.29, 1.82) is 0 Å². The minimum atomic E-state index is -0.171. The third-order valence-corrected chi connectivity index (χ3v) is 3.18. The topological polar surface area (TPSA) is 60.5 Å². The lowest BCUT2D eigenvalue weighted by Crippen LogP contribution is -2.18. The molecule has 0 aliphatic rings. The average molecular weight is 314 g/mol. The van der Waals surface area contributed by atoms with Gasteiger partial charge in [-0.1, -0.05) is 12.1 Å². The first-order valence-corrected chi connectivity index (χ1v) is 7.73. The van der Waals surface area contributed by atoms with Gasteiger partial charge in [-0.05, 0) is 43.7 Å². The normalized spacial score (nSPS) is 10.3. The number of ether oxygens (including phenoxy) is 2. The third-order valence-electron chi connectivity index (χ3n) is 3.18.